The van der Waals surface area contributed by atoms with Gasteiger partial charge < -0.3 is 5.32 Å². The highest BCUT2D eigenvalue weighted by atomic mass is 79.9. The van der Waals surface area contributed by atoms with Gasteiger partial charge in [-0.15, -0.1) is 0 Å². The lowest BCUT2D eigenvalue weighted by atomic mass is 10.1. The molecule has 0 aliphatic rings. The molecule has 0 saturated carbocycles. The molecule has 2 rings (SSSR count). The fourth-order valence-electron chi connectivity index (χ4n) is 1.77. The van der Waals surface area contributed by atoms with Gasteiger partial charge in [-0.3, -0.25) is 0 Å². The second-order valence-electron chi connectivity index (χ2n) is 4.16. The number of rotatable bonds is 3. The van der Waals surface area contributed by atoms with Crippen LogP contribution in [0.25, 0.3) is 0 Å². The molecule has 2 aromatic carbocycles. The van der Waals surface area contributed by atoms with Crippen LogP contribution in [0.15, 0.2) is 40.9 Å². The van der Waals surface area contributed by atoms with Crippen molar-refractivity contribution >= 4 is 44.8 Å². The van der Waals surface area contributed by atoms with E-state index in [0.717, 1.165) is 10.2 Å². The van der Waals surface area contributed by atoms with E-state index in [9.17, 15) is 4.39 Å². The molecule has 1 atom stereocenters. The third kappa shape index (κ3) is 3.62. The first-order valence-electron chi connectivity index (χ1n) is 5.64. The van der Waals surface area contributed by atoms with Gasteiger partial charge in [-0.05, 0) is 37.3 Å². The van der Waals surface area contributed by atoms with Crippen LogP contribution in [0.3, 0.4) is 0 Å². The van der Waals surface area contributed by atoms with Gasteiger partial charge in [-0.25, -0.2) is 4.39 Å². The molecular weight excluding hydrogens is 352 g/mol. The number of halogens is 4. The van der Waals surface area contributed by atoms with Gasteiger partial charge in [-0.2, -0.15) is 0 Å². The zero-order chi connectivity index (χ0) is 14.0. The molecule has 19 heavy (non-hydrogen) atoms. The molecule has 1 N–H and O–H groups in total. The summed E-state index contributed by atoms with van der Waals surface area (Å²) in [5.74, 6) is -0.255. The Kier molecular flexibility index (Phi) is 4.71. The number of hydrogen-bond donors (Lipinski definition) is 1. The SMILES string of the molecule is CC(Nc1ccc(Cl)c(Cl)c1)c1ccc(Br)cc1F. The molecule has 1 nitrogen and oxygen atoms in total. The second-order valence-corrected chi connectivity index (χ2v) is 5.89. The molecule has 1 unspecified atom stereocenters. The first-order valence-corrected chi connectivity index (χ1v) is 7.19. The Morgan fingerprint density at radius 1 is 1.11 bits per heavy atom. The monoisotopic (exact) mass is 361 g/mol. The predicted octanol–water partition coefficient (Wildman–Crippen LogP) is 6.07. The summed E-state index contributed by atoms with van der Waals surface area (Å²) in [6.45, 7) is 1.88. The minimum absolute atomic E-state index is 0.176. The van der Waals surface area contributed by atoms with Gasteiger partial charge in [0.05, 0.1) is 16.1 Å². The third-order valence-corrected chi connectivity index (χ3v) is 3.96. The molecule has 0 heterocycles. The summed E-state index contributed by atoms with van der Waals surface area (Å²) in [5, 5.41) is 4.15. The summed E-state index contributed by atoms with van der Waals surface area (Å²) in [6, 6.07) is 10.1. The lowest BCUT2D eigenvalue weighted by Crippen LogP contribution is -2.08. The van der Waals surface area contributed by atoms with Crippen LogP contribution < -0.4 is 5.32 Å². The maximum Gasteiger partial charge on any atom is 0.129 e. The number of hydrogen-bond acceptors (Lipinski definition) is 1. The summed E-state index contributed by atoms with van der Waals surface area (Å²) in [6.07, 6.45) is 0. The first kappa shape index (κ1) is 14.6. The van der Waals surface area contributed by atoms with Gasteiger partial charge >= 0.3 is 0 Å². The topological polar surface area (TPSA) is 12.0 Å². The van der Waals surface area contributed by atoms with Crippen molar-refractivity contribution in [3.63, 3.8) is 0 Å². The highest BCUT2D eigenvalue weighted by Gasteiger charge is 2.11. The van der Waals surface area contributed by atoms with Crippen molar-refractivity contribution in [1.29, 1.82) is 0 Å². The molecule has 100 valence electrons. The van der Waals surface area contributed by atoms with E-state index in [-0.39, 0.29) is 11.9 Å². The largest absolute Gasteiger partial charge is 0.378 e. The Bertz CT molecular complexity index is 604. The highest BCUT2D eigenvalue weighted by molar-refractivity contribution is 9.10. The van der Waals surface area contributed by atoms with Gasteiger partial charge in [0.25, 0.3) is 0 Å². The molecule has 0 spiro atoms. The van der Waals surface area contributed by atoms with E-state index in [4.69, 9.17) is 23.2 Å². The average molecular weight is 363 g/mol. The normalized spacial score (nSPS) is 12.3. The van der Waals surface area contributed by atoms with E-state index in [1.807, 2.05) is 19.1 Å². The van der Waals surface area contributed by atoms with Crippen LogP contribution in [-0.2, 0) is 0 Å². The minimum Gasteiger partial charge on any atom is -0.378 e. The van der Waals surface area contributed by atoms with Crippen molar-refractivity contribution in [1.82, 2.24) is 0 Å². The molecule has 0 radical (unpaired) electrons. The Labute approximate surface area is 129 Å². The van der Waals surface area contributed by atoms with Crippen LogP contribution in [0, 0.1) is 5.82 Å². The van der Waals surface area contributed by atoms with E-state index < -0.39 is 0 Å². The standard InChI is InChI=1S/C14H11BrCl2FN/c1-8(11-4-2-9(15)6-14(11)18)19-10-3-5-12(16)13(17)7-10/h2-8,19H,1H3. The van der Waals surface area contributed by atoms with Crippen LogP contribution in [-0.4, -0.2) is 0 Å². The van der Waals surface area contributed by atoms with Gasteiger partial charge in [0.2, 0.25) is 0 Å². The van der Waals surface area contributed by atoms with E-state index in [0.29, 0.717) is 15.6 Å². The molecule has 0 aliphatic heterocycles. The van der Waals surface area contributed by atoms with E-state index >= 15 is 0 Å². The number of benzene rings is 2. The maximum absolute atomic E-state index is 13.8. The fraction of sp³-hybridized carbons (Fsp3) is 0.143. The highest BCUT2D eigenvalue weighted by Crippen LogP contribution is 2.28. The quantitative estimate of drug-likeness (QED) is 0.698. The Balaban J connectivity index is 2.20. The summed E-state index contributed by atoms with van der Waals surface area (Å²) in [5.41, 5.74) is 1.39. The second kappa shape index (κ2) is 6.12. The molecular formula is C14H11BrCl2FN. The van der Waals surface area contributed by atoms with Crippen LogP contribution in [0.5, 0.6) is 0 Å². The average Bonchev–Trinajstić information content (AvgIpc) is 2.33. The zero-order valence-corrected chi connectivity index (χ0v) is 13.2. The lowest BCUT2D eigenvalue weighted by molar-refractivity contribution is 0.599. The van der Waals surface area contributed by atoms with E-state index in [2.05, 4.69) is 21.2 Å². The summed E-state index contributed by atoms with van der Waals surface area (Å²) in [4.78, 5) is 0. The summed E-state index contributed by atoms with van der Waals surface area (Å²) < 4.78 is 14.5. The molecule has 0 saturated heterocycles. The maximum atomic E-state index is 13.8. The molecule has 0 fully saturated rings. The van der Waals surface area contributed by atoms with Crippen LogP contribution in [0.2, 0.25) is 10.0 Å². The number of anilines is 1. The molecule has 0 aromatic heterocycles. The van der Waals surface area contributed by atoms with Crippen LogP contribution in [0.4, 0.5) is 10.1 Å². The fourth-order valence-corrected chi connectivity index (χ4v) is 2.40. The predicted molar refractivity (Wildman–Crippen MR) is 82.6 cm³/mol. The van der Waals surface area contributed by atoms with E-state index in [1.54, 1.807) is 18.2 Å². The zero-order valence-electron chi connectivity index (χ0n) is 10.1. The van der Waals surface area contributed by atoms with Crippen molar-refractivity contribution in [2.75, 3.05) is 5.32 Å². The minimum atomic E-state index is -0.255. The van der Waals surface area contributed by atoms with Crippen molar-refractivity contribution in [3.8, 4) is 0 Å². The Morgan fingerprint density at radius 3 is 2.47 bits per heavy atom. The molecule has 0 bridgehead atoms. The smallest absolute Gasteiger partial charge is 0.129 e. The number of nitrogens with one attached hydrogen (secondary N) is 1. The van der Waals surface area contributed by atoms with Gasteiger partial charge in [0.15, 0.2) is 0 Å². The van der Waals surface area contributed by atoms with Crippen molar-refractivity contribution < 1.29 is 4.39 Å². The molecule has 0 amide bonds. The van der Waals surface area contributed by atoms with E-state index in [1.165, 1.54) is 6.07 Å². The Hall–Kier alpha value is -0.770. The lowest BCUT2D eigenvalue weighted by Gasteiger charge is -2.17. The summed E-state index contributed by atoms with van der Waals surface area (Å²) in [7, 11) is 0. The van der Waals surface area contributed by atoms with Crippen LogP contribution in [0.1, 0.15) is 18.5 Å². The van der Waals surface area contributed by atoms with Gasteiger partial charge in [0.1, 0.15) is 5.82 Å². The molecule has 0 aliphatic carbocycles. The van der Waals surface area contributed by atoms with Crippen molar-refractivity contribution in [2.24, 2.45) is 0 Å². The van der Waals surface area contributed by atoms with Gasteiger partial charge in [-0.1, -0.05) is 45.2 Å². The molecule has 2 aromatic rings. The van der Waals surface area contributed by atoms with Crippen LogP contribution >= 0.6 is 39.1 Å². The molecule has 5 heteroatoms. The third-order valence-electron chi connectivity index (χ3n) is 2.73. The summed E-state index contributed by atoms with van der Waals surface area (Å²) >= 11 is 15.0. The Morgan fingerprint density at radius 2 is 1.84 bits per heavy atom. The van der Waals surface area contributed by atoms with Gasteiger partial charge in [0, 0.05) is 15.7 Å². The van der Waals surface area contributed by atoms with Crippen molar-refractivity contribution in [3.05, 3.63) is 62.3 Å². The van der Waals surface area contributed by atoms with Crippen molar-refractivity contribution in [2.45, 2.75) is 13.0 Å². The first-order chi connectivity index (χ1) is 8.97.